The number of hydrogen-bond donors (Lipinski definition) is 0. The number of ether oxygens (including phenoxy) is 1. The van der Waals surface area contributed by atoms with E-state index in [1.165, 1.54) is 0 Å². The first-order valence-corrected chi connectivity index (χ1v) is 5.09. The lowest BCUT2D eigenvalue weighted by Gasteiger charge is -2.02. The fourth-order valence-electron chi connectivity index (χ4n) is 0.859. The first kappa shape index (κ1) is 9.81. The third-order valence-electron chi connectivity index (χ3n) is 1.43. The van der Waals surface area contributed by atoms with Crippen molar-refractivity contribution in [2.45, 2.75) is 0 Å². The smallest absolute Gasteiger partial charge is 0.133 e. The Hall–Kier alpha value is -0.280. The molecule has 0 saturated heterocycles. The molecule has 0 aliphatic rings. The molecule has 12 heavy (non-hydrogen) atoms. The van der Waals surface area contributed by atoms with Gasteiger partial charge in [-0.05, 0) is 44.7 Å². The third kappa shape index (κ3) is 2.35. The fraction of sp³-hybridized carbons (Fsp3) is 0.111. The van der Waals surface area contributed by atoms with E-state index in [1.807, 2.05) is 29.3 Å². The second kappa shape index (κ2) is 4.67. The van der Waals surface area contributed by atoms with Gasteiger partial charge in [-0.3, -0.25) is 0 Å². The molecule has 0 heterocycles. The van der Waals surface area contributed by atoms with E-state index in [9.17, 15) is 0 Å². The lowest BCUT2D eigenvalue weighted by molar-refractivity contribution is 0.412. The van der Waals surface area contributed by atoms with Gasteiger partial charge in [0.2, 0.25) is 0 Å². The summed E-state index contributed by atoms with van der Waals surface area (Å²) in [6.45, 7) is 0. The molecule has 0 aromatic heterocycles. The maximum absolute atomic E-state index is 5.10. The van der Waals surface area contributed by atoms with Crippen molar-refractivity contribution in [2.75, 3.05) is 7.11 Å². The quantitative estimate of drug-likeness (QED) is 0.805. The minimum Gasteiger partial charge on any atom is -0.496 e. The van der Waals surface area contributed by atoms with Crippen molar-refractivity contribution in [3.8, 4) is 5.75 Å². The molecule has 0 aliphatic heterocycles. The Bertz CT molecular complexity index is 295. The predicted molar refractivity (Wildman–Crippen MR) is 58.7 cm³/mol. The Morgan fingerprint density at radius 2 is 2.17 bits per heavy atom. The number of hydrogen-bond acceptors (Lipinski definition) is 1. The molecular formula is C9H8Br2O. The van der Waals surface area contributed by atoms with Crippen LogP contribution < -0.4 is 4.74 Å². The van der Waals surface area contributed by atoms with Gasteiger partial charge in [-0.15, -0.1) is 0 Å². The highest BCUT2D eigenvalue weighted by molar-refractivity contribution is 9.11. The first-order chi connectivity index (χ1) is 5.77. The van der Waals surface area contributed by atoms with Crippen molar-refractivity contribution >= 4 is 37.9 Å². The molecular weight excluding hydrogens is 284 g/mol. The highest BCUT2D eigenvalue weighted by Crippen LogP contribution is 2.25. The molecule has 0 bridgehead atoms. The molecule has 0 fully saturated rings. The average molecular weight is 292 g/mol. The topological polar surface area (TPSA) is 9.23 Å². The molecule has 1 aromatic carbocycles. The Morgan fingerprint density at radius 1 is 1.42 bits per heavy atom. The Balaban J connectivity index is 3.01. The molecule has 0 unspecified atom stereocenters. The van der Waals surface area contributed by atoms with Crippen LogP contribution >= 0.6 is 31.9 Å². The van der Waals surface area contributed by atoms with E-state index in [4.69, 9.17) is 4.74 Å². The molecule has 0 atom stereocenters. The van der Waals surface area contributed by atoms with Gasteiger partial charge in [0.1, 0.15) is 5.75 Å². The number of methoxy groups -OCH3 is 1. The van der Waals surface area contributed by atoms with Crippen LogP contribution in [0.25, 0.3) is 6.08 Å². The zero-order chi connectivity index (χ0) is 8.97. The van der Waals surface area contributed by atoms with Gasteiger partial charge < -0.3 is 4.74 Å². The highest BCUT2D eigenvalue weighted by Gasteiger charge is 1.98. The van der Waals surface area contributed by atoms with Crippen molar-refractivity contribution in [3.63, 3.8) is 0 Å². The molecule has 0 spiro atoms. The monoisotopic (exact) mass is 290 g/mol. The summed E-state index contributed by atoms with van der Waals surface area (Å²) in [5.41, 5.74) is 1.12. The molecule has 0 amide bonds. The van der Waals surface area contributed by atoms with Gasteiger partial charge in [0, 0.05) is 0 Å². The molecule has 0 saturated carbocycles. The lowest BCUT2D eigenvalue weighted by Crippen LogP contribution is -1.83. The van der Waals surface area contributed by atoms with Crippen LogP contribution in [0, 0.1) is 0 Å². The number of benzene rings is 1. The van der Waals surface area contributed by atoms with Gasteiger partial charge in [-0.1, -0.05) is 22.0 Å². The largest absolute Gasteiger partial charge is 0.496 e. The summed E-state index contributed by atoms with van der Waals surface area (Å²) in [5, 5.41) is 0. The highest BCUT2D eigenvalue weighted by atomic mass is 79.9. The Kier molecular flexibility index (Phi) is 3.82. The molecule has 1 rings (SSSR count). The standard InChI is InChI=1S/C9H8Br2O/c1-12-9-3-2-7(4-5-10)6-8(9)11/h2-6H,1H3/b5-4-. The molecule has 1 nitrogen and oxygen atoms in total. The molecule has 64 valence electrons. The van der Waals surface area contributed by atoms with Crippen LogP contribution in [-0.4, -0.2) is 7.11 Å². The average Bonchev–Trinajstić information content (AvgIpc) is 2.05. The predicted octanol–water partition coefficient (Wildman–Crippen LogP) is 3.82. The normalized spacial score (nSPS) is 10.6. The van der Waals surface area contributed by atoms with Crippen LogP contribution in [0.3, 0.4) is 0 Å². The van der Waals surface area contributed by atoms with Crippen LogP contribution in [0.5, 0.6) is 5.75 Å². The second-order valence-electron chi connectivity index (χ2n) is 2.19. The Labute approximate surface area is 88.7 Å². The van der Waals surface area contributed by atoms with Crippen molar-refractivity contribution in [1.82, 2.24) is 0 Å². The SMILES string of the molecule is COc1ccc(/C=C\Br)cc1Br. The summed E-state index contributed by atoms with van der Waals surface area (Å²) in [6, 6.07) is 5.91. The maximum Gasteiger partial charge on any atom is 0.133 e. The van der Waals surface area contributed by atoms with Crippen molar-refractivity contribution in [3.05, 3.63) is 33.2 Å². The van der Waals surface area contributed by atoms with E-state index in [-0.39, 0.29) is 0 Å². The Morgan fingerprint density at radius 3 is 2.67 bits per heavy atom. The van der Waals surface area contributed by atoms with E-state index in [0.29, 0.717) is 0 Å². The first-order valence-electron chi connectivity index (χ1n) is 3.38. The summed E-state index contributed by atoms with van der Waals surface area (Å²) >= 11 is 6.62. The van der Waals surface area contributed by atoms with Crippen LogP contribution in [0.15, 0.2) is 27.7 Å². The lowest BCUT2D eigenvalue weighted by atomic mass is 10.2. The summed E-state index contributed by atoms with van der Waals surface area (Å²) in [7, 11) is 1.65. The van der Waals surface area contributed by atoms with Crippen LogP contribution in [-0.2, 0) is 0 Å². The summed E-state index contributed by atoms with van der Waals surface area (Å²) in [6.07, 6.45) is 1.96. The van der Waals surface area contributed by atoms with E-state index in [0.717, 1.165) is 15.8 Å². The summed E-state index contributed by atoms with van der Waals surface area (Å²) < 4.78 is 6.06. The number of rotatable bonds is 2. The van der Waals surface area contributed by atoms with Gasteiger partial charge in [0.15, 0.2) is 0 Å². The van der Waals surface area contributed by atoms with Crippen molar-refractivity contribution in [1.29, 1.82) is 0 Å². The summed E-state index contributed by atoms with van der Waals surface area (Å²) in [4.78, 5) is 1.82. The van der Waals surface area contributed by atoms with E-state index < -0.39 is 0 Å². The van der Waals surface area contributed by atoms with Crippen molar-refractivity contribution in [2.24, 2.45) is 0 Å². The second-order valence-corrected chi connectivity index (χ2v) is 3.57. The molecule has 1 aromatic rings. The third-order valence-corrected chi connectivity index (χ3v) is 2.32. The molecule has 3 heteroatoms. The minimum absolute atomic E-state index is 0.849. The number of halogens is 2. The zero-order valence-corrected chi connectivity index (χ0v) is 9.72. The van der Waals surface area contributed by atoms with Gasteiger partial charge >= 0.3 is 0 Å². The van der Waals surface area contributed by atoms with Crippen LogP contribution in [0.1, 0.15) is 5.56 Å². The van der Waals surface area contributed by atoms with Crippen LogP contribution in [0.2, 0.25) is 0 Å². The minimum atomic E-state index is 0.849. The summed E-state index contributed by atoms with van der Waals surface area (Å²) in [5.74, 6) is 0.849. The maximum atomic E-state index is 5.10. The fourth-order valence-corrected chi connectivity index (χ4v) is 1.72. The zero-order valence-electron chi connectivity index (χ0n) is 6.55. The molecule has 0 N–H and O–H groups in total. The van der Waals surface area contributed by atoms with Gasteiger partial charge in [-0.25, -0.2) is 0 Å². The molecule has 0 radical (unpaired) electrons. The van der Waals surface area contributed by atoms with Crippen LogP contribution in [0.4, 0.5) is 0 Å². The van der Waals surface area contributed by atoms with Crippen molar-refractivity contribution < 1.29 is 4.74 Å². The van der Waals surface area contributed by atoms with E-state index in [2.05, 4.69) is 31.9 Å². The van der Waals surface area contributed by atoms with Gasteiger partial charge in [0.25, 0.3) is 0 Å². The van der Waals surface area contributed by atoms with Gasteiger partial charge in [-0.2, -0.15) is 0 Å². The molecule has 0 aliphatic carbocycles. The van der Waals surface area contributed by atoms with E-state index >= 15 is 0 Å². The van der Waals surface area contributed by atoms with Gasteiger partial charge in [0.05, 0.1) is 11.6 Å². The van der Waals surface area contributed by atoms with E-state index in [1.54, 1.807) is 7.11 Å².